The van der Waals surface area contributed by atoms with E-state index in [1.54, 1.807) is 24.0 Å². The van der Waals surface area contributed by atoms with Crippen molar-refractivity contribution < 1.29 is 14.0 Å². The zero-order chi connectivity index (χ0) is 16.8. The zero-order valence-electron chi connectivity index (χ0n) is 13.8. The molecule has 0 bridgehead atoms. The van der Waals surface area contributed by atoms with Crippen LogP contribution in [0.1, 0.15) is 29.3 Å². The van der Waals surface area contributed by atoms with E-state index in [0.29, 0.717) is 50.4 Å². The summed E-state index contributed by atoms with van der Waals surface area (Å²) in [6, 6.07) is 4.57. The first-order chi connectivity index (χ1) is 11.0. The van der Waals surface area contributed by atoms with E-state index >= 15 is 0 Å². The van der Waals surface area contributed by atoms with Gasteiger partial charge in [-0.25, -0.2) is 4.39 Å². The van der Waals surface area contributed by atoms with Crippen molar-refractivity contribution in [2.24, 2.45) is 0 Å². The molecule has 0 spiro atoms. The predicted molar refractivity (Wildman–Crippen MR) is 86.8 cm³/mol. The number of carbonyl (C=O) groups is 2. The van der Waals surface area contributed by atoms with Crippen LogP contribution in [0.15, 0.2) is 18.2 Å². The van der Waals surface area contributed by atoms with Gasteiger partial charge in [0.15, 0.2) is 0 Å². The second-order valence-corrected chi connectivity index (χ2v) is 5.88. The topological polar surface area (TPSA) is 52.7 Å². The first-order valence-corrected chi connectivity index (χ1v) is 8.05. The molecule has 0 radical (unpaired) electrons. The van der Waals surface area contributed by atoms with E-state index in [2.05, 4.69) is 5.32 Å². The average Bonchev–Trinajstić information content (AvgIpc) is 2.55. The van der Waals surface area contributed by atoms with Crippen molar-refractivity contribution in [1.29, 1.82) is 0 Å². The maximum atomic E-state index is 13.6. The molecule has 1 heterocycles. The van der Waals surface area contributed by atoms with Crippen molar-refractivity contribution in [3.63, 3.8) is 0 Å². The third-order valence-electron chi connectivity index (χ3n) is 4.02. The van der Waals surface area contributed by atoms with E-state index in [0.717, 1.165) is 6.42 Å². The van der Waals surface area contributed by atoms with Crippen LogP contribution in [0.3, 0.4) is 0 Å². The largest absolute Gasteiger partial charge is 0.355 e. The minimum atomic E-state index is -0.359. The number of aryl methyl sites for hydroxylation is 1. The quantitative estimate of drug-likeness (QED) is 0.892. The molecule has 1 aromatic rings. The summed E-state index contributed by atoms with van der Waals surface area (Å²) >= 11 is 0. The molecule has 2 amide bonds. The first kappa shape index (κ1) is 17.4. The molecule has 1 aliphatic heterocycles. The minimum absolute atomic E-state index is 0.0206. The summed E-state index contributed by atoms with van der Waals surface area (Å²) < 4.78 is 13.6. The maximum absolute atomic E-state index is 13.6. The molecule has 6 heteroatoms. The van der Waals surface area contributed by atoms with Crippen LogP contribution in [-0.4, -0.2) is 60.9 Å². The van der Waals surface area contributed by atoms with Crippen LogP contribution in [0, 0.1) is 12.7 Å². The summed E-state index contributed by atoms with van der Waals surface area (Å²) in [4.78, 5) is 27.8. The van der Waals surface area contributed by atoms with Gasteiger partial charge >= 0.3 is 0 Å². The van der Waals surface area contributed by atoms with Crippen LogP contribution >= 0.6 is 0 Å². The molecule has 0 atom stereocenters. The third kappa shape index (κ3) is 4.76. The Morgan fingerprint density at radius 1 is 1.22 bits per heavy atom. The highest BCUT2D eigenvalue weighted by Crippen LogP contribution is 2.13. The van der Waals surface area contributed by atoms with E-state index in [1.165, 1.54) is 6.07 Å². The van der Waals surface area contributed by atoms with Gasteiger partial charge < -0.3 is 10.2 Å². The first-order valence-electron chi connectivity index (χ1n) is 8.05. The number of benzene rings is 1. The van der Waals surface area contributed by atoms with Crippen molar-refractivity contribution in [2.45, 2.75) is 20.3 Å². The third-order valence-corrected chi connectivity index (χ3v) is 4.02. The highest BCUT2D eigenvalue weighted by molar-refractivity contribution is 5.94. The molecule has 0 aromatic heterocycles. The molecule has 1 saturated heterocycles. The number of amides is 2. The van der Waals surface area contributed by atoms with E-state index in [-0.39, 0.29) is 17.6 Å². The standard InChI is InChI=1S/C17H24FN3O2/c1-3-6-19-16(22)12-20-7-9-21(10-8-20)17(23)14-5-4-13(2)15(18)11-14/h4-5,11H,3,6-10,12H2,1-2H3,(H,19,22). The fourth-order valence-electron chi connectivity index (χ4n) is 2.54. The maximum Gasteiger partial charge on any atom is 0.254 e. The summed E-state index contributed by atoms with van der Waals surface area (Å²) in [7, 11) is 0. The molecular weight excluding hydrogens is 297 g/mol. The fraction of sp³-hybridized carbons (Fsp3) is 0.529. The van der Waals surface area contributed by atoms with E-state index in [4.69, 9.17) is 0 Å². The Bertz CT molecular complexity index is 569. The lowest BCUT2D eigenvalue weighted by molar-refractivity contribution is -0.122. The molecule has 2 rings (SSSR count). The Morgan fingerprint density at radius 3 is 2.52 bits per heavy atom. The monoisotopic (exact) mass is 321 g/mol. The Morgan fingerprint density at radius 2 is 1.91 bits per heavy atom. The molecule has 1 fully saturated rings. The SMILES string of the molecule is CCCNC(=O)CN1CCN(C(=O)c2ccc(C)c(F)c2)CC1. The Hall–Kier alpha value is -1.95. The molecule has 5 nitrogen and oxygen atoms in total. The van der Waals surface area contributed by atoms with Crippen LogP contribution < -0.4 is 5.32 Å². The van der Waals surface area contributed by atoms with Crippen LogP contribution in [0.5, 0.6) is 0 Å². The second-order valence-electron chi connectivity index (χ2n) is 5.88. The van der Waals surface area contributed by atoms with Gasteiger partial charge in [0.2, 0.25) is 5.91 Å². The molecule has 1 N–H and O–H groups in total. The summed E-state index contributed by atoms with van der Waals surface area (Å²) in [5.74, 6) is -0.492. The number of hydrogen-bond acceptors (Lipinski definition) is 3. The number of halogens is 1. The fourth-order valence-corrected chi connectivity index (χ4v) is 2.54. The number of piperazine rings is 1. The molecule has 0 unspecified atom stereocenters. The van der Waals surface area contributed by atoms with Gasteiger partial charge in [0.1, 0.15) is 5.82 Å². The summed E-state index contributed by atoms with van der Waals surface area (Å²) in [5.41, 5.74) is 0.909. The summed E-state index contributed by atoms with van der Waals surface area (Å²) in [5, 5.41) is 2.85. The highest BCUT2D eigenvalue weighted by atomic mass is 19.1. The van der Waals surface area contributed by atoms with E-state index in [9.17, 15) is 14.0 Å². The lowest BCUT2D eigenvalue weighted by atomic mass is 10.1. The van der Waals surface area contributed by atoms with Crippen LogP contribution in [0.25, 0.3) is 0 Å². The lowest BCUT2D eigenvalue weighted by Gasteiger charge is -2.34. The van der Waals surface area contributed by atoms with E-state index in [1.807, 2.05) is 11.8 Å². The summed E-state index contributed by atoms with van der Waals surface area (Å²) in [6.45, 7) is 7.14. The zero-order valence-corrected chi connectivity index (χ0v) is 13.8. The molecule has 126 valence electrons. The van der Waals surface area contributed by atoms with Gasteiger partial charge in [-0.05, 0) is 31.0 Å². The van der Waals surface area contributed by atoms with Crippen molar-refractivity contribution >= 4 is 11.8 Å². The van der Waals surface area contributed by atoms with Gasteiger partial charge in [-0.15, -0.1) is 0 Å². The van der Waals surface area contributed by atoms with E-state index < -0.39 is 0 Å². The molecular formula is C17H24FN3O2. The molecule has 1 aromatic carbocycles. The van der Waals surface area contributed by atoms with Crippen molar-refractivity contribution in [3.05, 3.63) is 35.1 Å². The number of carbonyl (C=O) groups excluding carboxylic acids is 2. The molecule has 0 saturated carbocycles. The van der Waals surface area contributed by atoms with Crippen molar-refractivity contribution in [3.8, 4) is 0 Å². The molecule has 23 heavy (non-hydrogen) atoms. The van der Waals surface area contributed by atoms with Crippen molar-refractivity contribution in [2.75, 3.05) is 39.3 Å². The number of hydrogen-bond donors (Lipinski definition) is 1. The minimum Gasteiger partial charge on any atom is -0.355 e. The average molecular weight is 321 g/mol. The molecule has 1 aliphatic rings. The smallest absolute Gasteiger partial charge is 0.254 e. The Kier molecular flexibility index (Phi) is 6.10. The predicted octanol–water partition coefficient (Wildman–Crippen LogP) is 1.42. The summed E-state index contributed by atoms with van der Waals surface area (Å²) in [6.07, 6.45) is 0.918. The number of nitrogens with zero attached hydrogens (tertiary/aromatic N) is 2. The van der Waals surface area contributed by atoms with Gasteiger partial charge in [-0.2, -0.15) is 0 Å². The van der Waals surface area contributed by atoms with Crippen LogP contribution in [0.2, 0.25) is 0 Å². The van der Waals surface area contributed by atoms with Crippen LogP contribution in [0.4, 0.5) is 4.39 Å². The number of nitrogens with one attached hydrogen (secondary N) is 1. The Balaban J connectivity index is 1.85. The normalized spacial score (nSPS) is 15.5. The van der Waals surface area contributed by atoms with Gasteiger partial charge in [-0.1, -0.05) is 13.0 Å². The van der Waals surface area contributed by atoms with Gasteiger partial charge in [-0.3, -0.25) is 14.5 Å². The van der Waals surface area contributed by atoms with Gasteiger partial charge in [0.05, 0.1) is 6.54 Å². The van der Waals surface area contributed by atoms with Gasteiger partial charge in [0, 0.05) is 38.3 Å². The lowest BCUT2D eigenvalue weighted by Crippen LogP contribution is -2.51. The number of rotatable bonds is 5. The second kappa shape index (κ2) is 8.06. The van der Waals surface area contributed by atoms with Gasteiger partial charge in [0.25, 0.3) is 5.91 Å². The van der Waals surface area contributed by atoms with Crippen molar-refractivity contribution in [1.82, 2.24) is 15.1 Å². The van der Waals surface area contributed by atoms with Crippen LogP contribution in [-0.2, 0) is 4.79 Å². The Labute approximate surface area is 136 Å². The highest BCUT2D eigenvalue weighted by Gasteiger charge is 2.23. The molecule has 0 aliphatic carbocycles.